The molecule has 0 aromatic heterocycles. The van der Waals surface area contributed by atoms with E-state index >= 15 is 0 Å². The zero-order valence-corrected chi connectivity index (χ0v) is 11.9. The van der Waals surface area contributed by atoms with Crippen LogP contribution in [-0.4, -0.2) is 0 Å². The van der Waals surface area contributed by atoms with E-state index in [9.17, 15) is 0 Å². The lowest BCUT2D eigenvalue weighted by molar-refractivity contribution is 0.445. The summed E-state index contributed by atoms with van der Waals surface area (Å²) in [5, 5.41) is 8.86. The number of aryl methyl sites for hydroxylation is 1. The fraction of sp³-hybridized carbons (Fsp3) is 0.316. The van der Waals surface area contributed by atoms with Gasteiger partial charge in [0.05, 0.1) is 11.6 Å². The third kappa shape index (κ3) is 2.47. The summed E-state index contributed by atoms with van der Waals surface area (Å²) in [7, 11) is 0. The van der Waals surface area contributed by atoms with E-state index in [1.54, 1.807) is 0 Å². The van der Waals surface area contributed by atoms with Crippen LogP contribution in [0.4, 0.5) is 0 Å². The Morgan fingerprint density at radius 3 is 2.50 bits per heavy atom. The van der Waals surface area contributed by atoms with Crippen LogP contribution in [0.15, 0.2) is 42.5 Å². The van der Waals surface area contributed by atoms with Crippen molar-refractivity contribution < 1.29 is 0 Å². The van der Waals surface area contributed by atoms with Crippen LogP contribution in [0.1, 0.15) is 36.5 Å². The largest absolute Gasteiger partial charge is 0.192 e. The normalized spacial score (nSPS) is 17.3. The van der Waals surface area contributed by atoms with E-state index in [-0.39, 0.29) is 0 Å². The van der Waals surface area contributed by atoms with Crippen molar-refractivity contribution in [2.45, 2.75) is 32.6 Å². The zero-order valence-electron chi connectivity index (χ0n) is 11.9. The second-order valence-corrected chi connectivity index (χ2v) is 5.69. The first kappa shape index (κ1) is 12.9. The number of fused-ring (bicyclic) bond motifs is 1. The molecule has 1 heteroatoms. The molecule has 20 heavy (non-hydrogen) atoms. The SMILES string of the molecule is CCC1CCc2cc(-c3ccc(C#N)cc3)ccc2C1. The predicted molar refractivity (Wildman–Crippen MR) is 82.4 cm³/mol. The van der Waals surface area contributed by atoms with Gasteiger partial charge in [0.1, 0.15) is 0 Å². The fourth-order valence-electron chi connectivity index (χ4n) is 3.10. The maximum absolute atomic E-state index is 8.86. The summed E-state index contributed by atoms with van der Waals surface area (Å²) in [6, 6.07) is 16.9. The van der Waals surface area contributed by atoms with Gasteiger partial charge in [0.25, 0.3) is 0 Å². The Bertz CT molecular complexity index is 646. The van der Waals surface area contributed by atoms with Crippen molar-refractivity contribution in [1.29, 1.82) is 5.26 Å². The molecule has 0 N–H and O–H groups in total. The molecule has 3 rings (SSSR count). The van der Waals surface area contributed by atoms with Crippen molar-refractivity contribution >= 4 is 0 Å². The van der Waals surface area contributed by atoms with Gasteiger partial charge < -0.3 is 0 Å². The summed E-state index contributed by atoms with van der Waals surface area (Å²) in [6.07, 6.45) is 5.05. The minimum atomic E-state index is 0.720. The molecule has 0 spiro atoms. The number of rotatable bonds is 2. The topological polar surface area (TPSA) is 23.8 Å². The molecule has 1 unspecified atom stereocenters. The van der Waals surface area contributed by atoms with Gasteiger partial charge in [-0.15, -0.1) is 0 Å². The monoisotopic (exact) mass is 261 g/mol. The second kappa shape index (κ2) is 5.51. The van der Waals surface area contributed by atoms with Gasteiger partial charge >= 0.3 is 0 Å². The highest BCUT2D eigenvalue weighted by Gasteiger charge is 2.17. The van der Waals surface area contributed by atoms with Crippen LogP contribution in [0.2, 0.25) is 0 Å². The van der Waals surface area contributed by atoms with Crippen molar-refractivity contribution in [3.05, 3.63) is 59.2 Å². The summed E-state index contributed by atoms with van der Waals surface area (Å²) >= 11 is 0. The minimum Gasteiger partial charge on any atom is -0.192 e. The van der Waals surface area contributed by atoms with Crippen LogP contribution >= 0.6 is 0 Å². The van der Waals surface area contributed by atoms with Gasteiger partial charge in [0.15, 0.2) is 0 Å². The quantitative estimate of drug-likeness (QED) is 0.766. The summed E-state index contributed by atoms with van der Waals surface area (Å²) in [6.45, 7) is 2.29. The molecular formula is C19H19N. The molecule has 0 bridgehead atoms. The summed E-state index contributed by atoms with van der Waals surface area (Å²) in [4.78, 5) is 0. The molecule has 0 fully saturated rings. The Kier molecular flexibility index (Phi) is 3.56. The Labute approximate surface area is 120 Å². The van der Waals surface area contributed by atoms with Crippen LogP contribution in [0, 0.1) is 17.2 Å². The maximum Gasteiger partial charge on any atom is 0.0991 e. The van der Waals surface area contributed by atoms with Gasteiger partial charge in [0, 0.05) is 0 Å². The van der Waals surface area contributed by atoms with E-state index < -0.39 is 0 Å². The van der Waals surface area contributed by atoms with Crippen molar-refractivity contribution in [1.82, 2.24) is 0 Å². The fourth-order valence-corrected chi connectivity index (χ4v) is 3.10. The van der Waals surface area contributed by atoms with Crippen molar-refractivity contribution in [2.24, 2.45) is 5.92 Å². The molecule has 0 saturated carbocycles. The predicted octanol–water partition coefficient (Wildman–Crippen LogP) is 4.74. The van der Waals surface area contributed by atoms with E-state index in [0.29, 0.717) is 0 Å². The molecule has 0 heterocycles. The van der Waals surface area contributed by atoms with Gasteiger partial charge in [-0.25, -0.2) is 0 Å². The number of benzene rings is 2. The number of hydrogen-bond acceptors (Lipinski definition) is 1. The molecule has 0 amide bonds. The Balaban J connectivity index is 1.90. The highest BCUT2D eigenvalue weighted by atomic mass is 14.2. The first-order chi connectivity index (χ1) is 9.80. The standard InChI is InChI=1S/C19H19N/c1-2-14-3-8-19-12-18(10-9-17(19)11-14)16-6-4-15(13-20)5-7-16/h4-7,9-10,12,14H,2-3,8,11H2,1H3. The highest BCUT2D eigenvalue weighted by molar-refractivity contribution is 5.66. The van der Waals surface area contributed by atoms with Crippen LogP contribution in [-0.2, 0) is 12.8 Å². The summed E-state index contributed by atoms with van der Waals surface area (Å²) in [5.74, 6) is 0.864. The van der Waals surface area contributed by atoms with Crippen molar-refractivity contribution in [3.63, 3.8) is 0 Å². The first-order valence-electron chi connectivity index (χ1n) is 7.42. The molecule has 0 radical (unpaired) electrons. The molecule has 2 aromatic carbocycles. The Morgan fingerprint density at radius 1 is 1.05 bits per heavy atom. The lowest BCUT2D eigenvalue weighted by atomic mass is 9.81. The molecule has 100 valence electrons. The van der Waals surface area contributed by atoms with E-state index in [1.807, 2.05) is 24.3 Å². The minimum absolute atomic E-state index is 0.720. The van der Waals surface area contributed by atoms with Gasteiger partial charge in [-0.1, -0.05) is 43.7 Å². The molecule has 2 aromatic rings. The number of nitriles is 1. The zero-order chi connectivity index (χ0) is 13.9. The molecule has 0 aliphatic heterocycles. The van der Waals surface area contributed by atoms with Crippen LogP contribution in [0.5, 0.6) is 0 Å². The van der Waals surface area contributed by atoms with Crippen LogP contribution in [0.3, 0.4) is 0 Å². The molecule has 1 aliphatic rings. The Morgan fingerprint density at radius 2 is 1.80 bits per heavy atom. The van der Waals surface area contributed by atoms with E-state index in [2.05, 4.69) is 31.2 Å². The van der Waals surface area contributed by atoms with Gasteiger partial charge in [-0.3, -0.25) is 0 Å². The van der Waals surface area contributed by atoms with E-state index in [0.717, 1.165) is 11.5 Å². The molecule has 0 saturated heterocycles. The average Bonchev–Trinajstić information content (AvgIpc) is 2.54. The first-order valence-corrected chi connectivity index (χ1v) is 7.42. The van der Waals surface area contributed by atoms with E-state index in [4.69, 9.17) is 5.26 Å². The number of nitrogens with zero attached hydrogens (tertiary/aromatic N) is 1. The molecular weight excluding hydrogens is 242 g/mol. The lowest BCUT2D eigenvalue weighted by Gasteiger charge is -2.24. The van der Waals surface area contributed by atoms with Gasteiger partial charge in [-0.2, -0.15) is 5.26 Å². The third-order valence-electron chi connectivity index (χ3n) is 4.46. The van der Waals surface area contributed by atoms with Crippen molar-refractivity contribution in [3.8, 4) is 17.2 Å². The molecule has 1 atom stereocenters. The van der Waals surface area contributed by atoms with Gasteiger partial charge in [0.2, 0.25) is 0 Å². The van der Waals surface area contributed by atoms with Crippen molar-refractivity contribution in [2.75, 3.05) is 0 Å². The molecule has 1 nitrogen and oxygen atoms in total. The second-order valence-electron chi connectivity index (χ2n) is 5.69. The summed E-state index contributed by atoms with van der Waals surface area (Å²) < 4.78 is 0. The number of hydrogen-bond donors (Lipinski definition) is 0. The maximum atomic E-state index is 8.86. The van der Waals surface area contributed by atoms with Crippen LogP contribution in [0.25, 0.3) is 11.1 Å². The summed E-state index contributed by atoms with van der Waals surface area (Å²) in [5.41, 5.74) is 6.22. The third-order valence-corrected chi connectivity index (χ3v) is 4.46. The van der Waals surface area contributed by atoms with Crippen LogP contribution < -0.4 is 0 Å². The average molecular weight is 261 g/mol. The smallest absolute Gasteiger partial charge is 0.0991 e. The Hall–Kier alpha value is -2.07. The lowest BCUT2D eigenvalue weighted by Crippen LogP contribution is -2.13. The van der Waals surface area contributed by atoms with Gasteiger partial charge in [-0.05, 0) is 59.6 Å². The van der Waals surface area contributed by atoms with E-state index in [1.165, 1.54) is 47.9 Å². The molecule has 1 aliphatic carbocycles. The highest BCUT2D eigenvalue weighted by Crippen LogP contribution is 2.31.